The van der Waals surface area contributed by atoms with Crippen LogP contribution in [0.15, 0.2) is 10.6 Å². The second-order valence-corrected chi connectivity index (χ2v) is 4.18. The van der Waals surface area contributed by atoms with Gasteiger partial charge in [0.25, 0.3) is 11.8 Å². The molecule has 0 saturated carbocycles. The highest BCUT2D eigenvalue weighted by Gasteiger charge is 2.18. The Morgan fingerprint density at radius 3 is 2.70 bits per heavy atom. The van der Waals surface area contributed by atoms with Gasteiger partial charge in [0.15, 0.2) is 6.61 Å². The number of ether oxygens (including phenoxy) is 2. The minimum atomic E-state index is -0.424. The van der Waals surface area contributed by atoms with Gasteiger partial charge in [0.2, 0.25) is 0 Å². The molecule has 1 aromatic heterocycles. The van der Waals surface area contributed by atoms with Crippen molar-refractivity contribution in [2.24, 2.45) is 0 Å². The summed E-state index contributed by atoms with van der Waals surface area (Å²) in [7, 11) is 0. The summed E-state index contributed by atoms with van der Waals surface area (Å²) in [6.07, 6.45) is 0.744. The van der Waals surface area contributed by atoms with Crippen LogP contribution in [0.3, 0.4) is 0 Å². The van der Waals surface area contributed by atoms with Crippen LogP contribution in [0.4, 0.5) is 0 Å². The number of hydrogen-bond acceptors (Lipinski definition) is 6. The zero-order valence-electron chi connectivity index (χ0n) is 12.0. The molecular formula is C13H20N2O5. The van der Waals surface area contributed by atoms with Crippen molar-refractivity contribution in [3.8, 4) is 5.88 Å². The fourth-order valence-corrected chi connectivity index (χ4v) is 1.56. The van der Waals surface area contributed by atoms with Gasteiger partial charge in [0.05, 0.1) is 6.61 Å². The van der Waals surface area contributed by atoms with Gasteiger partial charge >= 0.3 is 5.97 Å². The van der Waals surface area contributed by atoms with Crippen molar-refractivity contribution in [2.75, 3.05) is 26.3 Å². The molecular weight excluding hydrogens is 264 g/mol. The molecule has 0 aliphatic carbocycles. The van der Waals surface area contributed by atoms with E-state index in [4.69, 9.17) is 14.0 Å². The van der Waals surface area contributed by atoms with Gasteiger partial charge in [-0.15, -0.1) is 0 Å². The van der Waals surface area contributed by atoms with Crippen LogP contribution in [-0.2, 0) is 14.3 Å². The van der Waals surface area contributed by atoms with Crippen LogP contribution in [0, 0.1) is 6.92 Å². The van der Waals surface area contributed by atoms with Crippen LogP contribution in [-0.4, -0.2) is 48.2 Å². The molecule has 20 heavy (non-hydrogen) atoms. The summed E-state index contributed by atoms with van der Waals surface area (Å²) in [5, 5.41) is 3.62. The third-order valence-corrected chi connectivity index (χ3v) is 2.42. The van der Waals surface area contributed by atoms with E-state index in [9.17, 15) is 9.59 Å². The van der Waals surface area contributed by atoms with Crippen LogP contribution in [0.5, 0.6) is 5.88 Å². The van der Waals surface area contributed by atoms with Crippen molar-refractivity contribution in [3.63, 3.8) is 0 Å². The average molecular weight is 284 g/mol. The molecule has 0 bridgehead atoms. The normalized spacial score (nSPS) is 10.2. The molecule has 1 aromatic rings. The largest absolute Gasteiger partial charge is 0.465 e. The summed E-state index contributed by atoms with van der Waals surface area (Å²) in [5.74, 6) is 0.139. The van der Waals surface area contributed by atoms with E-state index in [1.54, 1.807) is 19.9 Å². The third-order valence-electron chi connectivity index (χ3n) is 2.42. The van der Waals surface area contributed by atoms with E-state index in [0.29, 0.717) is 18.9 Å². The molecule has 0 N–H and O–H groups in total. The smallest absolute Gasteiger partial charge is 0.325 e. The second-order valence-electron chi connectivity index (χ2n) is 4.18. The standard InChI is InChI=1S/C13H20N2O5/c1-4-6-15(8-13(17)18-5-2)12(16)9-19-11-7-10(3)20-14-11/h7H,4-6,8-9H2,1-3H3. The fraction of sp³-hybridized carbons (Fsp3) is 0.615. The van der Waals surface area contributed by atoms with Gasteiger partial charge in [-0.25, -0.2) is 0 Å². The van der Waals surface area contributed by atoms with Crippen LogP contribution in [0.1, 0.15) is 26.0 Å². The quantitative estimate of drug-likeness (QED) is 0.666. The monoisotopic (exact) mass is 284 g/mol. The van der Waals surface area contributed by atoms with E-state index >= 15 is 0 Å². The number of esters is 1. The lowest BCUT2D eigenvalue weighted by molar-refractivity contribution is -0.149. The molecule has 1 heterocycles. The molecule has 0 aliphatic heterocycles. The number of rotatable bonds is 8. The molecule has 0 radical (unpaired) electrons. The zero-order chi connectivity index (χ0) is 15.0. The van der Waals surface area contributed by atoms with E-state index in [0.717, 1.165) is 6.42 Å². The van der Waals surface area contributed by atoms with Crippen molar-refractivity contribution in [3.05, 3.63) is 11.8 Å². The lowest BCUT2D eigenvalue weighted by Gasteiger charge is -2.20. The maximum atomic E-state index is 12.0. The predicted octanol–water partition coefficient (Wildman–Crippen LogP) is 1.16. The maximum Gasteiger partial charge on any atom is 0.325 e. The van der Waals surface area contributed by atoms with Crippen molar-refractivity contribution >= 4 is 11.9 Å². The number of nitrogens with zero attached hydrogens (tertiary/aromatic N) is 2. The molecule has 0 unspecified atom stereocenters. The molecule has 7 heteroatoms. The summed E-state index contributed by atoms with van der Waals surface area (Å²) in [5.41, 5.74) is 0. The molecule has 0 atom stereocenters. The Kier molecular flexibility index (Phi) is 6.55. The first-order valence-electron chi connectivity index (χ1n) is 6.56. The van der Waals surface area contributed by atoms with E-state index in [1.165, 1.54) is 4.90 Å². The Morgan fingerprint density at radius 1 is 1.40 bits per heavy atom. The first-order chi connectivity index (χ1) is 9.56. The summed E-state index contributed by atoms with van der Waals surface area (Å²) in [4.78, 5) is 24.8. The second kappa shape index (κ2) is 8.19. The SMILES string of the molecule is CCCN(CC(=O)OCC)C(=O)COc1cc(C)on1. The van der Waals surface area contributed by atoms with Gasteiger partial charge in [0, 0.05) is 12.6 Å². The molecule has 0 spiro atoms. The number of hydrogen-bond donors (Lipinski definition) is 0. The van der Waals surface area contributed by atoms with Crippen LogP contribution in [0.2, 0.25) is 0 Å². The first kappa shape index (κ1) is 16.0. The lowest BCUT2D eigenvalue weighted by atomic mass is 10.4. The molecule has 0 saturated heterocycles. The average Bonchev–Trinajstić information content (AvgIpc) is 2.81. The third kappa shape index (κ3) is 5.29. The molecule has 112 valence electrons. The molecule has 1 rings (SSSR count). The Balaban J connectivity index is 2.48. The van der Waals surface area contributed by atoms with Gasteiger partial charge < -0.3 is 18.9 Å². The van der Waals surface area contributed by atoms with Crippen molar-refractivity contribution in [1.29, 1.82) is 0 Å². The van der Waals surface area contributed by atoms with Gasteiger partial charge in [0.1, 0.15) is 12.3 Å². The van der Waals surface area contributed by atoms with Gasteiger partial charge in [-0.3, -0.25) is 9.59 Å². The number of amides is 1. The van der Waals surface area contributed by atoms with E-state index in [2.05, 4.69) is 5.16 Å². The number of aryl methyl sites for hydroxylation is 1. The zero-order valence-corrected chi connectivity index (χ0v) is 12.0. The van der Waals surface area contributed by atoms with Crippen LogP contribution < -0.4 is 4.74 Å². The fourth-order valence-electron chi connectivity index (χ4n) is 1.56. The lowest BCUT2D eigenvalue weighted by Crippen LogP contribution is -2.39. The van der Waals surface area contributed by atoms with Crippen molar-refractivity contribution in [1.82, 2.24) is 10.1 Å². The summed E-state index contributed by atoms with van der Waals surface area (Å²) >= 11 is 0. The van der Waals surface area contributed by atoms with Gasteiger partial charge in [-0.1, -0.05) is 6.92 Å². The summed E-state index contributed by atoms with van der Waals surface area (Å²) in [6.45, 7) is 5.88. The molecule has 0 aliphatic rings. The van der Waals surface area contributed by atoms with E-state index in [-0.39, 0.29) is 24.9 Å². The van der Waals surface area contributed by atoms with E-state index < -0.39 is 5.97 Å². The van der Waals surface area contributed by atoms with Crippen molar-refractivity contribution in [2.45, 2.75) is 27.2 Å². The molecule has 0 fully saturated rings. The summed E-state index contributed by atoms with van der Waals surface area (Å²) < 4.78 is 14.9. The Hall–Kier alpha value is -2.05. The number of carbonyl (C=O) groups excluding carboxylic acids is 2. The topological polar surface area (TPSA) is 81.9 Å². The minimum Gasteiger partial charge on any atom is -0.465 e. The van der Waals surface area contributed by atoms with Crippen LogP contribution >= 0.6 is 0 Å². The minimum absolute atomic E-state index is 0.0677. The molecule has 1 amide bonds. The number of aromatic nitrogens is 1. The van der Waals surface area contributed by atoms with Gasteiger partial charge in [-0.05, 0) is 25.4 Å². The van der Waals surface area contributed by atoms with Crippen molar-refractivity contribution < 1.29 is 23.6 Å². The molecule has 7 nitrogen and oxygen atoms in total. The highest BCUT2D eigenvalue weighted by atomic mass is 16.5. The van der Waals surface area contributed by atoms with Crippen LogP contribution in [0.25, 0.3) is 0 Å². The predicted molar refractivity (Wildman–Crippen MR) is 70.2 cm³/mol. The Bertz CT molecular complexity index is 444. The first-order valence-corrected chi connectivity index (χ1v) is 6.56. The Labute approximate surface area is 117 Å². The number of carbonyl (C=O) groups is 2. The molecule has 0 aromatic carbocycles. The maximum absolute atomic E-state index is 12.0. The Morgan fingerprint density at radius 2 is 2.15 bits per heavy atom. The van der Waals surface area contributed by atoms with E-state index in [1.807, 2.05) is 6.92 Å². The highest BCUT2D eigenvalue weighted by Crippen LogP contribution is 2.09. The van der Waals surface area contributed by atoms with Gasteiger partial charge in [-0.2, -0.15) is 0 Å². The highest BCUT2D eigenvalue weighted by molar-refractivity contribution is 5.83. The summed E-state index contributed by atoms with van der Waals surface area (Å²) in [6, 6.07) is 1.59.